The maximum atomic E-state index is 12.8. The second-order valence-corrected chi connectivity index (χ2v) is 8.53. The van der Waals surface area contributed by atoms with E-state index in [2.05, 4.69) is 23.2 Å². The number of fused-ring (bicyclic) bond motifs is 1. The van der Waals surface area contributed by atoms with E-state index in [1.807, 2.05) is 12.1 Å². The standard InChI is InChI=1S/C21H28N4O4/c1-21(12-22)8-15(29-2)11-24(21)9-13-3-4-16-14(7-13)10-25(20(16)28)17-5-6-18(26)23-19(17)27/h3-4,7,15,17H,5-6,8-12,22H2,1-2H3,(H,23,26,27). The highest BCUT2D eigenvalue weighted by Crippen LogP contribution is 2.33. The number of methoxy groups -OCH3 is 1. The van der Waals surface area contributed by atoms with Crippen LogP contribution >= 0.6 is 0 Å². The molecule has 3 aliphatic rings. The van der Waals surface area contributed by atoms with Crippen molar-refractivity contribution in [3.8, 4) is 0 Å². The molecule has 0 spiro atoms. The van der Waals surface area contributed by atoms with Crippen LogP contribution in [-0.4, -0.2) is 65.4 Å². The topological polar surface area (TPSA) is 105 Å². The molecule has 0 bridgehead atoms. The van der Waals surface area contributed by atoms with Crippen molar-refractivity contribution in [2.75, 3.05) is 20.2 Å². The van der Waals surface area contributed by atoms with Crippen LogP contribution in [0.1, 0.15) is 47.7 Å². The molecule has 0 radical (unpaired) electrons. The van der Waals surface area contributed by atoms with E-state index in [0.29, 0.717) is 25.1 Å². The molecular weight excluding hydrogens is 372 g/mol. The van der Waals surface area contributed by atoms with Gasteiger partial charge in [-0.1, -0.05) is 12.1 Å². The third-order valence-corrected chi connectivity index (χ3v) is 6.59. The van der Waals surface area contributed by atoms with Crippen LogP contribution < -0.4 is 11.1 Å². The van der Waals surface area contributed by atoms with E-state index in [1.54, 1.807) is 12.0 Å². The molecule has 0 aliphatic carbocycles. The van der Waals surface area contributed by atoms with Gasteiger partial charge in [-0.2, -0.15) is 0 Å². The van der Waals surface area contributed by atoms with Crippen molar-refractivity contribution in [1.29, 1.82) is 0 Å². The molecule has 3 heterocycles. The van der Waals surface area contributed by atoms with E-state index in [1.165, 1.54) is 0 Å². The minimum atomic E-state index is -0.586. The molecule has 1 aromatic carbocycles. The molecule has 8 heteroatoms. The highest BCUT2D eigenvalue weighted by Gasteiger charge is 2.42. The number of carbonyl (C=O) groups excluding carboxylic acids is 3. The molecule has 2 saturated heterocycles. The van der Waals surface area contributed by atoms with Gasteiger partial charge < -0.3 is 15.4 Å². The largest absolute Gasteiger partial charge is 0.380 e. The normalized spacial score (nSPS) is 30.0. The molecule has 2 fully saturated rings. The first kappa shape index (κ1) is 20.0. The summed E-state index contributed by atoms with van der Waals surface area (Å²) in [4.78, 5) is 40.4. The Kier molecular flexibility index (Phi) is 5.18. The number of hydrogen-bond donors (Lipinski definition) is 2. The van der Waals surface area contributed by atoms with Crippen LogP contribution in [0.25, 0.3) is 0 Å². The Labute approximate surface area is 170 Å². The van der Waals surface area contributed by atoms with Crippen LogP contribution in [0.5, 0.6) is 0 Å². The highest BCUT2D eigenvalue weighted by atomic mass is 16.5. The molecule has 3 N–H and O–H groups in total. The Hall–Kier alpha value is -2.29. The van der Waals surface area contributed by atoms with E-state index in [4.69, 9.17) is 10.5 Å². The number of nitrogens with two attached hydrogens (primary N) is 1. The number of likely N-dealkylation sites (tertiary alicyclic amines) is 1. The van der Waals surface area contributed by atoms with Gasteiger partial charge in [-0.05, 0) is 37.0 Å². The Morgan fingerprint density at radius 3 is 2.79 bits per heavy atom. The zero-order chi connectivity index (χ0) is 20.8. The van der Waals surface area contributed by atoms with Gasteiger partial charge in [0.05, 0.1) is 6.10 Å². The zero-order valence-electron chi connectivity index (χ0n) is 16.9. The van der Waals surface area contributed by atoms with E-state index in [0.717, 1.165) is 30.6 Å². The summed E-state index contributed by atoms with van der Waals surface area (Å²) in [5.74, 6) is -0.807. The van der Waals surface area contributed by atoms with Gasteiger partial charge >= 0.3 is 0 Å². The number of carbonyl (C=O) groups is 3. The van der Waals surface area contributed by atoms with Gasteiger partial charge in [0.25, 0.3) is 5.91 Å². The summed E-state index contributed by atoms with van der Waals surface area (Å²) in [6.07, 6.45) is 1.70. The lowest BCUT2D eigenvalue weighted by molar-refractivity contribution is -0.136. The van der Waals surface area contributed by atoms with Crippen LogP contribution in [0.15, 0.2) is 18.2 Å². The van der Waals surface area contributed by atoms with E-state index < -0.39 is 6.04 Å². The van der Waals surface area contributed by atoms with Crippen molar-refractivity contribution in [1.82, 2.24) is 15.1 Å². The first-order valence-electron chi connectivity index (χ1n) is 10.1. The van der Waals surface area contributed by atoms with Crippen LogP contribution in [0.3, 0.4) is 0 Å². The minimum Gasteiger partial charge on any atom is -0.380 e. The average molecular weight is 400 g/mol. The first-order valence-corrected chi connectivity index (χ1v) is 10.1. The molecule has 3 unspecified atom stereocenters. The number of ether oxygens (including phenoxy) is 1. The number of benzene rings is 1. The predicted molar refractivity (Wildman–Crippen MR) is 106 cm³/mol. The minimum absolute atomic E-state index is 0.117. The Bertz CT molecular complexity index is 857. The Balaban J connectivity index is 1.50. The molecule has 1 aromatic rings. The molecule has 3 atom stereocenters. The fourth-order valence-electron chi connectivity index (χ4n) is 4.72. The lowest BCUT2D eigenvalue weighted by Crippen LogP contribution is -2.52. The van der Waals surface area contributed by atoms with Crippen molar-refractivity contribution in [3.63, 3.8) is 0 Å². The fraction of sp³-hybridized carbons (Fsp3) is 0.571. The molecular formula is C21H28N4O4. The second-order valence-electron chi connectivity index (χ2n) is 8.53. The van der Waals surface area contributed by atoms with Gasteiger partial charge in [0.1, 0.15) is 6.04 Å². The lowest BCUT2D eigenvalue weighted by atomic mass is 9.97. The number of imide groups is 1. The third-order valence-electron chi connectivity index (χ3n) is 6.59. The quantitative estimate of drug-likeness (QED) is 0.693. The third kappa shape index (κ3) is 3.56. The number of hydrogen-bond acceptors (Lipinski definition) is 6. The van der Waals surface area contributed by atoms with E-state index in [-0.39, 0.29) is 35.8 Å². The summed E-state index contributed by atoms with van der Waals surface area (Å²) in [7, 11) is 1.73. The molecule has 156 valence electrons. The molecule has 3 amide bonds. The SMILES string of the molecule is COC1CN(Cc2ccc3c(c2)CN(C2CCC(=O)NC2=O)C3=O)C(C)(CN)C1. The highest BCUT2D eigenvalue weighted by molar-refractivity contribution is 6.05. The number of nitrogens with zero attached hydrogens (tertiary/aromatic N) is 2. The van der Waals surface area contributed by atoms with Crippen LogP contribution in [0.4, 0.5) is 0 Å². The first-order chi connectivity index (χ1) is 13.8. The fourth-order valence-corrected chi connectivity index (χ4v) is 4.72. The average Bonchev–Trinajstić information content (AvgIpc) is 3.19. The second kappa shape index (κ2) is 7.51. The maximum Gasteiger partial charge on any atom is 0.255 e. The number of rotatable bonds is 5. The summed E-state index contributed by atoms with van der Waals surface area (Å²) in [5, 5.41) is 2.34. The monoisotopic (exact) mass is 400 g/mol. The Morgan fingerprint density at radius 2 is 2.10 bits per heavy atom. The lowest BCUT2D eigenvalue weighted by Gasteiger charge is -2.33. The van der Waals surface area contributed by atoms with Crippen molar-refractivity contribution >= 4 is 17.7 Å². The van der Waals surface area contributed by atoms with Crippen molar-refractivity contribution in [3.05, 3.63) is 34.9 Å². The number of amides is 3. The van der Waals surface area contributed by atoms with Gasteiger partial charge in [-0.3, -0.25) is 24.6 Å². The molecule has 0 aromatic heterocycles. The van der Waals surface area contributed by atoms with Gasteiger partial charge in [-0.25, -0.2) is 0 Å². The molecule has 4 rings (SSSR count). The van der Waals surface area contributed by atoms with Gasteiger partial charge in [0, 0.05) is 50.8 Å². The molecule has 29 heavy (non-hydrogen) atoms. The van der Waals surface area contributed by atoms with Crippen LogP contribution in [0.2, 0.25) is 0 Å². The van der Waals surface area contributed by atoms with E-state index >= 15 is 0 Å². The van der Waals surface area contributed by atoms with Gasteiger partial charge in [0.2, 0.25) is 11.8 Å². The summed E-state index contributed by atoms with van der Waals surface area (Å²) >= 11 is 0. The summed E-state index contributed by atoms with van der Waals surface area (Å²) < 4.78 is 5.55. The molecule has 0 saturated carbocycles. The van der Waals surface area contributed by atoms with Gasteiger partial charge in [0.15, 0.2) is 0 Å². The van der Waals surface area contributed by atoms with E-state index in [9.17, 15) is 14.4 Å². The molecule has 3 aliphatic heterocycles. The molecule has 8 nitrogen and oxygen atoms in total. The number of nitrogens with one attached hydrogen (secondary N) is 1. The van der Waals surface area contributed by atoms with Crippen molar-refractivity contribution < 1.29 is 19.1 Å². The maximum absolute atomic E-state index is 12.8. The summed E-state index contributed by atoms with van der Waals surface area (Å²) in [6, 6.07) is 5.29. The van der Waals surface area contributed by atoms with Crippen molar-refractivity contribution in [2.45, 2.75) is 57.0 Å². The zero-order valence-corrected chi connectivity index (χ0v) is 16.9. The predicted octanol–water partition coefficient (Wildman–Crippen LogP) is 0.386. The van der Waals surface area contributed by atoms with Crippen LogP contribution in [0, 0.1) is 0 Å². The van der Waals surface area contributed by atoms with Crippen molar-refractivity contribution in [2.24, 2.45) is 5.73 Å². The smallest absolute Gasteiger partial charge is 0.255 e. The Morgan fingerprint density at radius 1 is 1.31 bits per heavy atom. The summed E-state index contributed by atoms with van der Waals surface area (Å²) in [6.45, 7) is 4.66. The van der Waals surface area contributed by atoms with Gasteiger partial charge in [-0.15, -0.1) is 0 Å². The van der Waals surface area contributed by atoms with Crippen LogP contribution in [-0.2, 0) is 27.4 Å². The number of piperidine rings is 1. The summed E-state index contributed by atoms with van der Waals surface area (Å²) in [5.41, 5.74) is 8.60.